The number of carbonyl (C=O) groups is 1. The van der Waals surface area contributed by atoms with Crippen molar-refractivity contribution in [2.45, 2.75) is 12.8 Å². The number of carbonyl (C=O) groups excluding carboxylic acids is 1. The fourth-order valence-electron chi connectivity index (χ4n) is 1.74. The summed E-state index contributed by atoms with van der Waals surface area (Å²) in [6.45, 7) is 1.60. The average molecular weight is 303 g/mol. The molecule has 5 nitrogen and oxygen atoms in total. The molecule has 1 atom stereocenters. The summed E-state index contributed by atoms with van der Waals surface area (Å²) >= 11 is 0. The van der Waals surface area contributed by atoms with Gasteiger partial charge in [0.2, 0.25) is 0 Å². The lowest BCUT2D eigenvalue weighted by Crippen LogP contribution is -2.05. The molecule has 2 aromatic rings. The lowest BCUT2D eigenvalue weighted by Gasteiger charge is -2.09. The van der Waals surface area contributed by atoms with Crippen LogP contribution in [0.3, 0.4) is 0 Å². The maximum Gasteiger partial charge on any atom is 0.319 e. The van der Waals surface area contributed by atoms with E-state index in [1.54, 1.807) is 31.2 Å². The molecule has 0 saturated carbocycles. The SMILES string of the molecule is CC(C(=O)N=S(=O)=O)c1ccc(Oc2ccccc2)cc1. The predicted octanol–water partition coefficient (Wildman–Crippen LogP) is 3.17. The summed E-state index contributed by atoms with van der Waals surface area (Å²) in [5.74, 6) is 0.0359. The van der Waals surface area contributed by atoms with E-state index < -0.39 is 22.3 Å². The number of rotatable bonds is 4. The van der Waals surface area contributed by atoms with Gasteiger partial charge in [0.15, 0.2) is 0 Å². The van der Waals surface area contributed by atoms with Crippen LogP contribution in [0.1, 0.15) is 18.4 Å². The Morgan fingerprint density at radius 3 is 2.14 bits per heavy atom. The Morgan fingerprint density at radius 1 is 1.00 bits per heavy atom. The third kappa shape index (κ3) is 4.25. The highest BCUT2D eigenvalue weighted by molar-refractivity contribution is 7.62. The Bertz CT molecular complexity index is 744. The maximum absolute atomic E-state index is 11.5. The van der Waals surface area contributed by atoms with Gasteiger partial charge in [0.25, 0.3) is 5.91 Å². The van der Waals surface area contributed by atoms with E-state index in [9.17, 15) is 13.2 Å². The van der Waals surface area contributed by atoms with E-state index in [-0.39, 0.29) is 0 Å². The first-order chi connectivity index (χ1) is 10.1. The quantitative estimate of drug-likeness (QED) is 0.869. The first-order valence-electron chi connectivity index (χ1n) is 6.24. The molecule has 0 fully saturated rings. The van der Waals surface area contributed by atoms with E-state index >= 15 is 0 Å². The molecule has 0 saturated heterocycles. The molecule has 0 bridgehead atoms. The largest absolute Gasteiger partial charge is 0.457 e. The molecule has 0 aliphatic rings. The molecule has 6 heteroatoms. The zero-order chi connectivity index (χ0) is 15.2. The lowest BCUT2D eigenvalue weighted by atomic mass is 10.0. The number of benzene rings is 2. The van der Waals surface area contributed by atoms with Gasteiger partial charge in [-0.05, 0) is 36.8 Å². The summed E-state index contributed by atoms with van der Waals surface area (Å²) in [7, 11) is -2.72. The molecule has 1 unspecified atom stereocenters. The molecular weight excluding hydrogens is 290 g/mol. The Labute approximate surface area is 123 Å². The van der Waals surface area contributed by atoms with Crippen LogP contribution in [0.4, 0.5) is 0 Å². The van der Waals surface area contributed by atoms with Crippen molar-refractivity contribution in [3.05, 3.63) is 60.2 Å². The lowest BCUT2D eigenvalue weighted by molar-refractivity contribution is -0.118. The standard InChI is InChI=1S/C15H13NO4S/c1-11(15(17)16-21(18)19)12-7-9-14(10-8-12)20-13-5-3-2-4-6-13/h2-11H,1H3. The van der Waals surface area contributed by atoms with Crippen molar-refractivity contribution < 1.29 is 17.9 Å². The fraction of sp³-hybridized carbons (Fsp3) is 0.133. The van der Waals surface area contributed by atoms with Gasteiger partial charge in [0.1, 0.15) is 11.5 Å². The Morgan fingerprint density at radius 2 is 1.57 bits per heavy atom. The second kappa shape index (κ2) is 6.81. The molecule has 0 aliphatic heterocycles. The molecule has 0 spiro atoms. The highest BCUT2D eigenvalue weighted by Gasteiger charge is 2.15. The second-order valence-electron chi connectivity index (χ2n) is 4.35. The van der Waals surface area contributed by atoms with Gasteiger partial charge in [-0.2, -0.15) is 8.42 Å². The summed E-state index contributed by atoms with van der Waals surface area (Å²) in [6.07, 6.45) is 0. The number of nitrogens with zero attached hydrogens (tertiary/aromatic N) is 1. The Kier molecular flexibility index (Phi) is 4.84. The van der Waals surface area contributed by atoms with Gasteiger partial charge in [-0.15, -0.1) is 0 Å². The van der Waals surface area contributed by atoms with Gasteiger partial charge in [-0.1, -0.05) is 34.7 Å². The van der Waals surface area contributed by atoms with Gasteiger partial charge >= 0.3 is 10.5 Å². The monoisotopic (exact) mass is 303 g/mol. The highest BCUT2D eigenvalue weighted by Crippen LogP contribution is 2.24. The van der Waals surface area contributed by atoms with E-state index in [2.05, 4.69) is 4.36 Å². The van der Waals surface area contributed by atoms with E-state index in [4.69, 9.17) is 4.74 Å². The number of hydrogen-bond acceptors (Lipinski definition) is 4. The minimum atomic E-state index is -2.72. The molecule has 0 N–H and O–H groups in total. The van der Waals surface area contributed by atoms with Crippen LogP contribution in [-0.4, -0.2) is 14.3 Å². The van der Waals surface area contributed by atoms with E-state index in [0.717, 1.165) is 0 Å². The molecular formula is C15H13NO4S. The third-order valence-electron chi connectivity index (χ3n) is 2.89. The summed E-state index contributed by atoms with van der Waals surface area (Å²) < 4.78 is 29.4. The van der Waals surface area contributed by atoms with Crippen molar-refractivity contribution in [3.8, 4) is 11.5 Å². The summed E-state index contributed by atoms with van der Waals surface area (Å²) in [4.78, 5) is 11.5. The molecule has 0 radical (unpaired) electrons. The molecule has 21 heavy (non-hydrogen) atoms. The van der Waals surface area contributed by atoms with Crippen molar-refractivity contribution in [1.82, 2.24) is 0 Å². The topological polar surface area (TPSA) is 72.8 Å². The minimum absolute atomic E-state index is 0.617. The average Bonchev–Trinajstić information content (AvgIpc) is 2.47. The van der Waals surface area contributed by atoms with Crippen molar-refractivity contribution in [3.63, 3.8) is 0 Å². The van der Waals surface area contributed by atoms with Gasteiger partial charge in [0.05, 0.1) is 5.92 Å². The molecule has 108 valence electrons. The third-order valence-corrected chi connectivity index (χ3v) is 3.22. The smallest absolute Gasteiger partial charge is 0.319 e. The van der Waals surface area contributed by atoms with Crippen LogP contribution >= 0.6 is 0 Å². The van der Waals surface area contributed by atoms with Crippen LogP contribution < -0.4 is 4.74 Å². The Balaban J connectivity index is 2.12. The van der Waals surface area contributed by atoms with Gasteiger partial charge in [-0.3, -0.25) is 4.79 Å². The minimum Gasteiger partial charge on any atom is -0.457 e. The van der Waals surface area contributed by atoms with Gasteiger partial charge in [-0.25, -0.2) is 0 Å². The van der Waals surface area contributed by atoms with Crippen LogP contribution in [0, 0.1) is 0 Å². The van der Waals surface area contributed by atoms with Crippen LogP contribution in [0.5, 0.6) is 11.5 Å². The summed E-state index contributed by atoms with van der Waals surface area (Å²) in [5.41, 5.74) is 0.676. The van der Waals surface area contributed by atoms with Crippen LogP contribution in [0.15, 0.2) is 59.0 Å². The first kappa shape index (κ1) is 14.9. The van der Waals surface area contributed by atoms with E-state index in [1.165, 1.54) is 0 Å². The Hall–Kier alpha value is -2.47. The van der Waals surface area contributed by atoms with E-state index in [1.807, 2.05) is 30.3 Å². The molecule has 0 aromatic heterocycles. The molecule has 0 aliphatic carbocycles. The molecule has 0 heterocycles. The van der Waals surface area contributed by atoms with Gasteiger partial charge in [0, 0.05) is 0 Å². The highest BCUT2D eigenvalue weighted by atomic mass is 32.2. The zero-order valence-corrected chi connectivity index (χ0v) is 12.1. The zero-order valence-electron chi connectivity index (χ0n) is 11.3. The summed E-state index contributed by atoms with van der Waals surface area (Å²) in [6, 6.07) is 16.2. The number of hydrogen-bond donors (Lipinski definition) is 0. The number of para-hydroxylation sites is 1. The van der Waals surface area contributed by atoms with Crippen LogP contribution in [0.2, 0.25) is 0 Å². The van der Waals surface area contributed by atoms with Gasteiger partial charge < -0.3 is 4.74 Å². The van der Waals surface area contributed by atoms with Crippen molar-refractivity contribution in [1.29, 1.82) is 0 Å². The molecule has 1 amide bonds. The van der Waals surface area contributed by atoms with E-state index in [0.29, 0.717) is 17.1 Å². The van der Waals surface area contributed by atoms with Crippen molar-refractivity contribution in [2.24, 2.45) is 4.36 Å². The molecule has 2 aromatic carbocycles. The fourth-order valence-corrected chi connectivity index (χ4v) is 2.05. The first-order valence-corrected chi connectivity index (χ1v) is 7.27. The second-order valence-corrected chi connectivity index (χ2v) is 4.97. The normalized spacial score (nSPS) is 11.5. The van der Waals surface area contributed by atoms with Crippen molar-refractivity contribution in [2.75, 3.05) is 0 Å². The number of amides is 1. The van der Waals surface area contributed by atoms with Crippen molar-refractivity contribution >= 4 is 16.4 Å². The summed E-state index contributed by atoms with van der Waals surface area (Å²) in [5, 5.41) is 0. The molecule has 2 rings (SSSR count). The van der Waals surface area contributed by atoms with Crippen LogP contribution in [0.25, 0.3) is 0 Å². The maximum atomic E-state index is 11.5. The van der Waals surface area contributed by atoms with Crippen LogP contribution in [-0.2, 0) is 15.3 Å². The predicted molar refractivity (Wildman–Crippen MR) is 77.7 cm³/mol. The number of ether oxygens (including phenoxy) is 1.